The van der Waals surface area contributed by atoms with Crippen LogP contribution in [0.15, 0.2) is 16.9 Å². The molecule has 1 atom stereocenters. The first-order valence-corrected chi connectivity index (χ1v) is 8.86. The van der Waals surface area contributed by atoms with Crippen LogP contribution in [0.2, 0.25) is 0 Å². The molecule has 0 spiro atoms. The van der Waals surface area contributed by atoms with Crippen LogP contribution in [0, 0.1) is 18.7 Å². The second-order valence-electron chi connectivity index (χ2n) is 7.28. The molecule has 0 radical (unpaired) electrons. The zero-order chi connectivity index (χ0) is 19.5. The van der Waals surface area contributed by atoms with Gasteiger partial charge in [0.25, 0.3) is 0 Å². The lowest BCUT2D eigenvalue weighted by Crippen LogP contribution is -2.45. The summed E-state index contributed by atoms with van der Waals surface area (Å²) in [5.41, 5.74) is 0.735. The first kappa shape index (κ1) is 20.3. The molecule has 28 heavy (non-hydrogen) atoms. The highest BCUT2D eigenvalue weighted by Gasteiger charge is 2.37. The van der Waals surface area contributed by atoms with Gasteiger partial charge in [0, 0.05) is 50.0 Å². The van der Waals surface area contributed by atoms with Crippen molar-refractivity contribution in [1.29, 1.82) is 0 Å². The summed E-state index contributed by atoms with van der Waals surface area (Å²) in [6.07, 6.45) is 0. The fourth-order valence-corrected chi connectivity index (χ4v) is 4.07. The fraction of sp³-hybridized carbons (Fsp3) is 0.421. The Morgan fingerprint density at radius 3 is 2.43 bits per heavy atom. The van der Waals surface area contributed by atoms with Crippen LogP contribution in [0.3, 0.4) is 0 Å². The highest BCUT2D eigenvalue weighted by molar-refractivity contribution is 6.17. The van der Waals surface area contributed by atoms with Gasteiger partial charge in [-0.15, -0.1) is 12.4 Å². The van der Waals surface area contributed by atoms with Crippen molar-refractivity contribution in [3.05, 3.63) is 39.4 Å². The maximum absolute atomic E-state index is 15.1. The van der Waals surface area contributed by atoms with Crippen LogP contribution in [0.25, 0.3) is 10.9 Å². The minimum Gasteiger partial charge on any atom is -0.481 e. The maximum atomic E-state index is 15.1. The first-order valence-electron chi connectivity index (χ1n) is 8.86. The monoisotopic (exact) mass is 409 g/mol. The van der Waals surface area contributed by atoms with Gasteiger partial charge in [-0.2, -0.15) is 0 Å². The number of aromatic nitrogens is 1. The number of pyridine rings is 1. The number of nitrogens with zero attached hydrogens (tertiary/aromatic N) is 3. The topological polar surface area (TPSA) is 82.8 Å². The number of carboxylic acid groups (broad SMARTS) is 1. The molecule has 1 saturated heterocycles. The van der Waals surface area contributed by atoms with E-state index in [1.165, 1.54) is 6.07 Å². The Labute approximate surface area is 166 Å². The molecule has 3 heterocycles. The normalized spacial score (nSPS) is 19.6. The molecular weight excluding hydrogens is 389 g/mol. The third-order valence-electron chi connectivity index (χ3n) is 5.57. The third kappa shape index (κ3) is 2.97. The number of carbonyl (C=O) groups is 2. The standard InChI is InChI=1S/C19H20FN3O4.ClH/c1-10-7-14(24)15-16-11(18(25)12(19(26)27)9-23(10)16)8-13(20)17(15)22-5-3-21(2)4-6-22;/h7-8,12H,3-6,9H2,1-2H3,(H,26,27);1H. The summed E-state index contributed by atoms with van der Waals surface area (Å²) in [5.74, 6) is -3.84. The molecule has 1 unspecified atom stereocenters. The largest absolute Gasteiger partial charge is 0.481 e. The molecular formula is C19H21ClFN3O4. The fourth-order valence-electron chi connectivity index (χ4n) is 4.07. The van der Waals surface area contributed by atoms with Gasteiger partial charge >= 0.3 is 5.97 Å². The SMILES string of the molecule is Cc1cc(=O)c2c(N3CCN(C)CC3)c(F)cc3c2n1CC(C(=O)O)C3=O.Cl. The number of anilines is 1. The van der Waals surface area contributed by atoms with E-state index in [1.807, 2.05) is 11.9 Å². The van der Waals surface area contributed by atoms with E-state index in [9.17, 15) is 19.5 Å². The summed E-state index contributed by atoms with van der Waals surface area (Å²) in [6.45, 7) is 4.25. The van der Waals surface area contributed by atoms with Crippen molar-refractivity contribution >= 4 is 40.7 Å². The van der Waals surface area contributed by atoms with Gasteiger partial charge in [-0.25, -0.2) is 4.39 Å². The van der Waals surface area contributed by atoms with E-state index in [0.717, 1.165) is 19.2 Å². The summed E-state index contributed by atoms with van der Waals surface area (Å²) < 4.78 is 16.7. The second-order valence-corrected chi connectivity index (χ2v) is 7.28. The van der Waals surface area contributed by atoms with Gasteiger partial charge in [0.05, 0.1) is 16.6 Å². The average molecular weight is 410 g/mol. The summed E-state index contributed by atoms with van der Waals surface area (Å²) >= 11 is 0. The molecule has 0 amide bonds. The van der Waals surface area contributed by atoms with E-state index >= 15 is 4.39 Å². The van der Waals surface area contributed by atoms with Gasteiger partial charge < -0.3 is 19.5 Å². The number of piperazine rings is 1. The van der Waals surface area contributed by atoms with Gasteiger partial charge in [-0.05, 0) is 20.0 Å². The lowest BCUT2D eigenvalue weighted by molar-refractivity contribution is -0.140. The quantitative estimate of drug-likeness (QED) is 0.757. The molecule has 2 aliphatic rings. The highest BCUT2D eigenvalue weighted by atomic mass is 35.5. The Bertz CT molecular complexity index is 1040. The van der Waals surface area contributed by atoms with Crippen LogP contribution in [0.4, 0.5) is 10.1 Å². The molecule has 7 nitrogen and oxygen atoms in total. The lowest BCUT2D eigenvalue weighted by Gasteiger charge is -2.35. The number of Topliss-reactive ketones (excluding diaryl/α,β-unsaturated/α-hetero) is 1. The number of carbonyl (C=O) groups excluding carboxylic acids is 1. The minimum absolute atomic E-state index is 0. The minimum atomic E-state index is -1.28. The van der Waals surface area contributed by atoms with Crippen molar-refractivity contribution < 1.29 is 19.1 Å². The predicted octanol–water partition coefficient (Wildman–Crippen LogP) is 1.52. The molecule has 2 aliphatic heterocycles. The zero-order valence-electron chi connectivity index (χ0n) is 15.6. The Morgan fingerprint density at radius 2 is 1.82 bits per heavy atom. The molecule has 1 fully saturated rings. The van der Waals surface area contributed by atoms with Crippen molar-refractivity contribution in [2.45, 2.75) is 13.5 Å². The molecule has 0 saturated carbocycles. The van der Waals surface area contributed by atoms with Crippen LogP contribution in [-0.4, -0.2) is 59.6 Å². The number of hydrogen-bond donors (Lipinski definition) is 1. The van der Waals surface area contributed by atoms with Crippen LogP contribution >= 0.6 is 12.4 Å². The van der Waals surface area contributed by atoms with E-state index in [4.69, 9.17) is 0 Å². The highest BCUT2D eigenvalue weighted by Crippen LogP contribution is 2.35. The van der Waals surface area contributed by atoms with Crippen molar-refractivity contribution in [2.75, 3.05) is 38.1 Å². The Balaban J connectivity index is 0.00000225. The van der Waals surface area contributed by atoms with Crippen molar-refractivity contribution in [3.63, 3.8) is 0 Å². The van der Waals surface area contributed by atoms with Crippen LogP contribution < -0.4 is 10.3 Å². The van der Waals surface area contributed by atoms with Crippen molar-refractivity contribution in [2.24, 2.45) is 5.92 Å². The molecule has 1 aromatic carbocycles. The van der Waals surface area contributed by atoms with Crippen LogP contribution in [0.5, 0.6) is 0 Å². The summed E-state index contributed by atoms with van der Waals surface area (Å²) in [4.78, 5) is 40.9. The number of aliphatic carboxylic acids is 1. The molecule has 0 bridgehead atoms. The van der Waals surface area contributed by atoms with E-state index < -0.39 is 23.5 Å². The van der Waals surface area contributed by atoms with Gasteiger partial charge in [0.15, 0.2) is 11.2 Å². The number of benzene rings is 1. The lowest BCUT2D eigenvalue weighted by atomic mass is 9.90. The summed E-state index contributed by atoms with van der Waals surface area (Å²) in [7, 11) is 1.98. The van der Waals surface area contributed by atoms with Gasteiger partial charge in [-0.1, -0.05) is 0 Å². The molecule has 4 rings (SSSR count). The molecule has 2 aromatic rings. The Morgan fingerprint density at radius 1 is 1.18 bits per heavy atom. The number of rotatable bonds is 2. The van der Waals surface area contributed by atoms with E-state index in [0.29, 0.717) is 24.3 Å². The maximum Gasteiger partial charge on any atom is 0.316 e. The Hall–Kier alpha value is -2.45. The number of ketones is 1. The molecule has 0 aliphatic carbocycles. The summed E-state index contributed by atoms with van der Waals surface area (Å²) in [6, 6.07) is 2.49. The van der Waals surface area contributed by atoms with Gasteiger partial charge in [0.2, 0.25) is 0 Å². The van der Waals surface area contributed by atoms with E-state index in [1.54, 1.807) is 11.5 Å². The number of likely N-dealkylation sites (N-methyl/N-ethyl adjacent to an activating group) is 1. The predicted molar refractivity (Wildman–Crippen MR) is 105 cm³/mol. The zero-order valence-corrected chi connectivity index (χ0v) is 16.4. The number of hydrogen-bond acceptors (Lipinski definition) is 5. The van der Waals surface area contributed by atoms with E-state index in [-0.39, 0.29) is 41.0 Å². The molecule has 150 valence electrons. The van der Waals surface area contributed by atoms with Crippen LogP contribution in [-0.2, 0) is 11.3 Å². The molecule has 9 heteroatoms. The third-order valence-corrected chi connectivity index (χ3v) is 5.57. The smallest absolute Gasteiger partial charge is 0.316 e. The van der Waals surface area contributed by atoms with Gasteiger partial charge in [0.1, 0.15) is 11.7 Å². The number of carboxylic acids is 1. The number of halogens is 2. The average Bonchev–Trinajstić information content (AvgIpc) is 2.61. The molecule has 1 N–H and O–H groups in total. The second kappa shape index (κ2) is 7.18. The Kier molecular flexibility index (Phi) is 5.20. The van der Waals surface area contributed by atoms with Gasteiger partial charge in [-0.3, -0.25) is 14.4 Å². The molecule has 1 aromatic heterocycles. The van der Waals surface area contributed by atoms with Crippen molar-refractivity contribution in [3.8, 4) is 0 Å². The van der Waals surface area contributed by atoms with Crippen LogP contribution in [0.1, 0.15) is 16.1 Å². The van der Waals surface area contributed by atoms with E-state index in [2.05, 4.69) is 4.90 Å². The number of aryl methyl sites for hydroxylation is 1. The summed E-state index contributed by atoms with van der Waals surface area (Å²) in [5, 5.41) is 9.55. The first-order chi connectivity index (χ1) is 12.8. The van der Waals surface area contributed by atoms with Crippen molar-refractivity contribution in [1.82, 2.24) is 9.47 Å².